The summed E-state index contributed by atoms with van der Waals surface area (Å²) in [4.78, 5) is 24.1. The van der Waals surface area contributed by atoms with Crippen molar-refractivity contribution in [3.05, 3.63) is 64.7 Å². The van der Waals surface area contributed by atoms with Gasteiger partial charge in [-0.1, -0.05) is 49.2 Å². The molecule has 1 aliphatic carbocycles. The summed E-state index contributed by atoms with van der Waals surface area (Å²) in [6, 6.07) is 14.4. The van der Waals surface area contributed by atoms with Gasteiger partial charge in [0.1, 0.15) is 46.1 Å². The van der Waals surface area contributed by atoms with Gasteiger partial charge in [-0.05, 0) is 53.8 Å². The first kappa shape index (κ1) is 30.6. The Kier molecular flexibility index (Phi) is 9.13. The van der Waals surface area contributed by atoms with Crippen LogP contribution < -0.4 is 9.47 Å². The lowest BCUT2D eigenvalue weighted by molar-refractivity contribution is -0.271. The van der Waals surface area contributed by atoms with Gasteiger partial charge in [-0.15, -0.1) is 0 Å². The fourth-order valence-corrected chi connectivity index (χ4v) is 4.95. The average Bonchev–Trinajstić information content (AvgIpc) is 3.46. The van der Waals surface area contributed by atoms with Crippen LogP contribution in [0.25, 0.3) is 0 Å². The lowest BCUT2D eigenvalue weighted by atomic mass is 9.99. The first-order valence-electron chi connectivity index (χ1n) is 12.4. The van der Waals surface area contributed by atoms with Crippen molar-refractivity contribution in [2.24, 2.45) is 17.3 Å². The third kappa shape index (κ3) is 6.76. The number of rotatable bonds is 9. The van der Waals surface area contributed by atoms with Crippen LogP contribution in [0.15, 0.2) is 59.1 Å². The molecule has 0 aromatic heterocycles. The van der Waals surface area contributed by atoms with Crippen LogP contribution >= 0.6 is 23.2 Å². The normalized spacial score (nSPS) is 28.9. The highest BCUT2D eigenvalue weighted by Crippen LogP contribution is 2.60. The molecule has 8 atom stereocenters. The van der Waals surface area contributed by atoms with E-state index in [4.69, 9.17) is 47.3 Å². The Hall–Kier alpha value is -3.37. The maximum absolute atomic E-state index is 12.8. The van der Waals surface area contributed by atoms with Gasteiger partial charge in [0.25, 0.3) is 0 Å². The Morgan fingerprint density at radius 2 is 1.68 bits per heavy atom. The van der Waals surface area contributed by atoms with E-state index in [0.717, 1.165) is 0 Å². The summed E-state index contributed by atoms with van der Waals surface area (Å²) in [5.41, 5.74) is -0.0101. The third-order valence-corrected chi connectivity index (χ3v) is 7.36. The van der Waals surface area contributed by atoms with Crippen molar-refractivity contribution in [3.8, 4) is 23.3 Å². The van der Waals surface area contributed by atoms with E-state index in [1.807, 2.05) is 19.9 Å². The number of carboxylic acid groups (broad SMARTS) is 1. The molecule has 4 rings (SSSR count). The first-order valence-corrected chi connectivity index (χ1v) is 13.2. The average molecular weight is 608 g/mol. The summed E-state index contributed by atoms with van der Waals surface area (Å²) >= 11 is 11.5. The topological polar surface area (TPSA) is 176 Å². The minimum Gasteiger partial charge on any atom is -0.479 e. The summed E-state index contributed by atoms with van der Waals surface area (Å²) < 4.78 is 22.0. The summed E-state index contributed by atoms with van der Waals surface area (Å²) in [5.74, 6) is -1.89. The molecule has 2 aromatic carbocycles. The third-order valence-electron chi connectivity index (χ3n) is 7.11. The number of aliphatic carboxylic acids is 1. The molecule has 0 spiro atoms. The molecule has 11 nitrogen and oxygen atoms in total. The molecule has 2 aliphatic rings. The molecule has 13 heteroatoms. The molecule has 0 unspecified atom stereocenters. The highest BCUT2D eigenvalue weighted by Gasteiger charge is 2.62. The standard InChI is InChI=1S/C28H27Cl2NO10/c1-28(2)17(11-19(29)30)20(28)26(37)40-18(12-31)13-4-3-5-16(10-13)38-14-6-8-15(9-7-14)39-27-23(34)21(32)22(33)24(41-27)25(35)36/h3-11,17-18,20-24,27,32-34H,1-2H3,(H,35,36)/t17-,18+,20-,21-,22-,23+,24-,27+/m0/s1. The summed E-state index contributed by atoms with van der Waals surface area (Å²) in [6.45, 7) is 3.77. The second kappa shape index (κ2) is 12.2. The molecule has 0 bridgehead atoms. The van der Waals surface area contributed by atoms with Gasteiger partial charge < -0.3 is 39.4 Å². The van der Waals surface area contributed by atoms with Crippen molar-refractivity contribution >= 4 is 35.1 Å². The number of allylic oxidation sites excluding steroid dienone is 1. The van der Waals surface area contributed by atoms with Gasteiger partial charge in [-0.2, -0.15) is 5.26 Å². The van der Waals surface area contributed by atoms with Gasteiger partial charge >= 0.3 is 11.9 Å². The van der Waals surface area contributed by atoms with Crippen LogP contribution in [0.5, 0.6) is 17.2 Å². The van der Waals surface area contributed by atoms with Gasteiger partial charge in [0, 0.05) is 5.56 Å². The Labute approximate surface area is 245 Å². The van der Waals surface area contributed by atoms with Crippen molar-refractivity contribution in [1.82, 2.24) is 0 Å². The van der Waals surface area contributed by atoms with Gasteiger partial charge in [0.05, 0.1) is 5.92 Å². The van der Waals surface area contributed by atoms with Crippen LogP contribution in [0.1, 0.15) is 25.5 Å². The van der Waals surface area contributed by atoms with Gasteiger partial charge in [0.2, 0.25) is 12.4 Å². The van der Waals surface area contributed by atoms with Crippen LogP contribution in [-0.2, 0) is 19.1 Å². The summed E-state index contributed by atoms with van der Waals surface area (Å²) in [5, 5.41) is 48.7. The van der Waals surface area contributed by atoms with E-state index in [1.165, 1.54) is 24.3 Å². The molecule has 1 saturated carbocycles. The van der Waals surface area contributed by atoms with E-state index in [0.29, 0.717) is 17.1 Å². The SMILES string of the molecule is CC1(C)[C@H](C(=O)O[C@H](C#N)c2cccc(Oc3ccc(O[C@@H]4O[C@H](C(=O)O)[C@@H](O)[C@H](O)[C@H]4O)cc3)c2)[C@@H]1C=C(Cl)Cl. The number of ether oxygens (including phenoxy) is 4. The van der Waals surface area contributed by atoms with Crippen molar-refractivity contribution < 1.29 is 49.0 Å². The molecule has 0 amide bonds. The van der Waals surface area contributed by atoms with E-state index in [9.17, 15) is 30.2 Å². The van der Waals surface area contributed by atoms with Crippen LogP contribution in [0.4, 0.5) is 0 Å². The Balaban J connectivity index is 1.39. The van der Waals surface area contributed by atoms with Crippen LogP contribution in [0, 0.1) is 28.6 Å². The Morgan fingerprint density at radius 3 is 2.29 bits per heavy atom. The Bertz CT molecular complexity index is 1350. The number of hydrogen-bond donors (Lipinski definition) is 4. The molecule has 1 aliphatic heterocycles. The van der Waals surface area contributed by atoms with Crippen molar-refractivity contribution in [2.75, 3.05) is 0 Å². The molecular formula is C28H27Cl2NO10. The quantitative estimate of drug-likeness (QED) is 0.307. The predicted molar refractivity (Wildman–Crippen MR) is 143 cm³/mol. The number of nitrogens with zero attached hydrogens (tertiary/aromatic N) is 1. The van der Waals surface area contributed by atoms with Gasteiger partial charge in [-0.25, -0.2) is 4.79 Å². The molecule has 1 saturated heterocycles. The largest absolute Gasteiger partial charge is 0.479 e. The number of benzene rings is 2. The zero-order valence-corrected chi connectivity index (χ0v) is 23.3. The number of halogens is 2. The van der Waals surface area contributed by atoms with Crippen LogP contribution in [0.2, 0.25) is 0 Å². The maximum atomic E-state index is 12.8. The predicted octanol–water partition coefficient (Wildman–Crippen LogP) is 3.45. The lowest BCUT2D eigenvalue weighted by Crippen LogP contribution is -2.61. The minimum absolute atomic E-state index is 0.0602. The number of carboxylic acids is 1. The zero-order chi connectivity index (χ0) is 30.1. The molecule has 218 valence electrons. The molecule has 2 fully saturated rings. The number of carbonyl (C=O) groups excluding carboxylic acids is 1. The summed E-state index contributed by atoms with van der Waals surface area (Å²) in [7, 11) is 0. The second-order valence-electron chi connectivity index (χ2n) is 10.2. The molecular weight excluding hydrogens is 581 g/mol. The smallest absolute Gasteiger partial charge is 0.335 e. The number of aliphatic hydroxyl groups is 3. The number of hydrogen-bond acceptors (Lipinski definition) is 10. The molecule has 4 N–H and O–H groups in total. The van der Waals surface area contributed by atoms with Gasteiger partial charge in [-0.3, -0.25) is 4.79 Å². The molecule has 1 heterocycles. The molecule has 41 heavy (non-hydrogen) atoms. The van der Waals surface area contributed by atoms with Crippen LogP contribution in [0.3, 0.4) is 0 Å². The fraction of sp³-hybridized carbons (Fsp3) is 0.393. The molecule has 0 radical (unpaired) electrons. The number of esters is 1. The van der Waals surface area contributed by atoms with E-state index < -0.39 is 60.1 Å². The monoisotopic (exact) mass is 607 g/mol. The molecule has 2 aromatic rings. The van der Waals surface area contributed by atoms with E-state index in [1.54, 1.807) is 30.3 Å². The van der Waals surface area contributed by atoms with E-state index in [2.05, 4.69) is 0 Å². The highest BCUT2D eigenvalue weighted by molar-refractivity contribution is 6.55. The van der Waals surface area contributed by atoms with Crippen molar-refractivity contribution in [2.45, 2.75) is 50.7 Å². The van der Waals surface area contributed by atoms with Crippen LogP contribution in [-0.4, -0.2) is 63.1 Å². The van der Waals surface area contributed by atoms with E-state index in [-0.39, 0.29) is 16.2 Å². The highest BCUT2D eigenvalue weighted by atomic mass is 35.5. The second-order valence-corrected chi connectivity index (χ2v) is 11.2. The maximum Gasteiger partial charge on any atom is 0.335 e. The lowest BCUT2D eigenvalue weighted by Gasteiger charge is -2.38. The minimum atomic E-state index is -1.83. The Morgan fingerprint density at radius 1 is 1.02 bits per heavy atom. The van der Waals surface area contributed by atoms with E-state index >= 15 is 0 Å². The van der Waals surface area contributed by atoms with Crippen molar-refractivity contribution in [3.63, 3.8) is 0 Å². The number of carbonyl (C=O) groups is 2. The van der Waals surface area contributed by atoms with Crippen molar-refractivity contribution in [1.29, 1.82) is 5.26 Å². The summed E-state index contributed by atoms with van der Waals surface area (Å²) in [6.07, 6.45) is -8.26. The first-order chi connectivity index (χ1) is 19.3. The fourth-order valence-electron chi connectivity index (χ4n) is 4.68. The number of aliphatic hydroxyl groups excluding tert-OH is 3. The van der Waals surface area contributed by atoms with Gasteiger partial charge in [0.15, 0.2) is 6.10 Å². The zero-order valence-electron chi connectivity index (χ0n) is 21.8. The number of nitriles is 1.